The summed E-state index contributed by atoms with van der Waals surface area (Å²) in [4.78, 5) is 12.8. The van der Waals surface area contributed by atoms with Gasteiger partial charge in [0.2, 0.25) is 0 Å². The summed E-state index contributed by atoms with van der Waals surface area (Å²) in [6.07, 6.45) is 0.433. The van der Waals surface area contributed by atoms with E-state index >= 15 is 0 Å². The van der Waals surface area contributed by atoms with Gasteiger partial charge in [-0.2, -0.15) is 0 Å². The zero-order valence-electron chi connectivity index (χ0n) is 20.1. The van der Waals surface area contributed by atoms with Gasteiger partial charge in [0.1, 0.15) is 29.7 Å². The molecule has 0 N–H and O–H groups in total. The minimum Gasteiger partial charge on any atom is -0.456 e. The second kappa shape index (κ2) is 8.11. The molecule has 0 aliphatic carbocycles. The van der Waals surface area contributed by atoms with Gasteiger partial charge in [-0.05, 0) is 51.0 Å². The third-order valence-electron chi connectivity index (χ3n) is 6.51. The zero-order chi connectivity index (χ0) is 24.4. The van der Waals surface area contributed by atoms with Gasteiger partial charge in [-0.15, -0.1) is 0 Å². The second-order valence-electron chi connectivity index (χ2n) is 10.1. The SMILES string of the molecule is CC1(C)O[C@H]2O[C@H]([C@H]3COC(C)(C)O3)/C(=C\c3ccc4c(=O)cc(-c5ccccc5)oc4c3)[C@H]2O1. The number of fused-ring (bicyclic) bond motifs is 2. The van der Waals surface area contributed by atoms with Crippen LogP contribution in [0.5, 0.6) is 0 Å². The molecule has 0 unspecified atom stereocenters. The zero-order valence-corrected chi connectivity index (χ0v) is 20.1. The molecule has 35 heavy (non-hydrogen) atoms. The van der Waals surface area contributed by atoms with Gasteiger partial charge in [-0.3, -0.25) is 4.79 Å². The van der Waals surface area contributed by atoms with Gasteiger partial charge in [0, 0.05) is 11.6 Å². The molecule has 2 aromatic carbocycles. The van der Waals surface area contributed by atoms with Crippen molar-refractivity contribution in [3.05, 3.63) is 76.0 Å². The summed E-state index contributed by atoms with van der Waals surface area (Å²) < 4.78 is 36.5. The summed E-state index contributed by atoms with van der Waals surface area (Å²) in [5.74, 6) is -0.909. The largest absolute Gasteiger partial charge is 0.456 e. The van der Waals surface area contributed by atoms with Crippen LogP contribution < -0.4 is 5.43 Å². The van der Waals surface area contributed by atoms with E-state index in [1.165, 1.54) is 6.07 Å². The Hall–Kier alpha value is -2.81. The molecule has 7 nitrogen and oxygen atoms in total. The fraction of sp³-hybridized carbons (Fsp3) is 0.393. The monoisotopic (exact) mass is 476 g/mol. The van der Waals surface area contributed by atoms with Crippen LogP contribution in [0.3, 0.4) is 0 Å². The molecule has 4 atom stereocenters. The lowest BCUT2D eigenvalue weighted by atomic mass is 9.98. The van der Waals surface area contributed by atoms with Crippen molar-refractivity contribution in [2.45, 2.75) is 63.9 Å². The first-order valence-corrected chi connectivity index (χ1v) is 11.9. The highest BCUT2D eigenvalue weighted by Gasteiger charge is 2.55. The van der Waals surface area contributed by atoms with Crippen molar-refractivity contribution in [2.24, 2.45) is 0 Å². The average molecular weight is 477 g/mol. The van der Waals surface area contributed by atoms with Crippen LogP contribution in [0.1, 0.15) is 33.3 Å². The highest BCUT2D eigenvalue weighted by Crippen LogP contribution is 2.44. The van der Waals surface area contributed by atoms with Gasteiger partial charge in [-0.25, -0.2) is 0 Å². The maximum atomic E-state index is 12.8. The first-order valence-electron chi connectivity index (χ1n) is 11.9. The summed E-state index contributed by atoms with van der Waals surface area (Å²) in [6.45, 7) is 7.92. The smallest absolute Gasteiger partial charge is 0.193 e. The molecule has 182 valence electrons. The highest BCUT2D eigenvalue weighted by atomic mass is 16.8. The maximum Gasteiger partial charge on any atom is 0.193 e. The summed E-state index contributed by atoms with van der Waals surface area (Å²) in [6, 6.07) is 16.7. The molecule has 3 saturated heterocycles. The van der Waals surface area contributed by atoms with E-state index in [1.807, 2.05) is 76.2 Å². The average Bonchev–Trinajstić information content (AvgIpc) is 3.43. The Morgan fingerprint density at radius 3 is 2.43 bits per heavy atom. The van der Waals surface area contributed by atoms with Gasteiger partial charge in [-0.1, -0.05) is 42.5 Å². The first kappa shape index (κ1) is 22.6. The predicted molar refractivity (Wildman–Crippen MR) is 129 cm³/mol. The van der Waals surface area contributed by atoms with Gasteiger partial charge >= 0.3 is 0 Å². The Morgan fingerprint density at radius 2 is 1.69 bits per heavy atom. The van der Waals surface area contributed by atoms with E-state index in [9.17, 15) is 4.79 Å². The maximum absolute atomic E-state index is 12.8. The lowest BCUT2D eigenvalue weighted by Gasteiger charge is -2.25. The van der Waals surface area contributed by atoms with Crippen molar-refractivity contribution in [1.29, 1.82) is 0 Å². The predicted octanol–water partition coefficient (Wildman–Crippen LogP) is 4.87. The summed E-state index contributed by atoms with van der Waals surface area (Å²) >= 11 is 0. The molecule has 3 aliphatic rings. The third kappa shape index (κ3) is 4.24. The van der Waals surface area contributed by atoms with Gasteiger partial charge < -0.3 is 28.1 Å². The summed E-state index contributed by atoms with van der Waals surface area (Å²) in [5, 5.41) is 0.528. The standard InChI is InChI=1S/C28H28O7/c1-27(2)30-15-23(33-27)24-19(25-26(32-24)35-28(3,4)34-25)12-16-10-11-18-20(29)14-21(31-22(18)13-16)17-8-6-5-7-9-17/h5-14,23-26H,15H2,1-4H3/b19-12+/t23-,24+,25-,26-/m1/s1. The van der Waals surface area contributed by atoms with E-state index in [0.29, 0.717) is 23.3 Å². The summed E-state index contributed by atoms with van der Waals surface area (Å²) in [5.41, 5.74) is 3.05. The Balaban J connectivity index is 1.40. The minimum atomic E-state index is -0.757. The van der Waals surface area contributed by atoms with Crippen LogP contribution in [0.2, 0.25) is 0 Å². The van der Waals surface area contributed by atoms with Crippen molar-refractivity contribution in [3.63, 3.8) is 0 Å². The number of hydrogen-bond donors (Lipinski definition) is 0. The molecular formula is C28H28O7. The van der Waals surface area contributed by atoms with E-state index in [0.717, 1.165) is 16.7 Å². The molecular weight excluding hydrogens is 448 g/mol. The highest BCUT2D eigenvalue weighted by molar-refractivity contribution is 5.81. The van der Waals surface area contributed by atoms with Gasteiger partial charge in [0.25, 0.3) is 0 Å². The van der Waals surface area contributed by atoms with Crippen molar-refractivity contribution in [1.82, 2.24) is 0 Å². The Bertz CT molecular complexity index is 1350. The van der Waals surface area contributed by atoms with Crippen LogP contribution in [0.4, 0.5) is 0 Å². The molecule has 7 heteroatoms. The van der Waals surface area contributed by atoms with Crippen molar-refractivity contribution in [2.75, 3.05) is 6.61 Å². The van der Waals surface area contributed by atoms with E-state index in [1.54, 1.807) is 6.07 Å². The number of benzene rings is 2. The molecule has 0 radical (unpaired) electrons. The quantitative estimate of drug-likeness (QED) is 0.534. The molecule has 0 amide bonds. The normalized spacial score (nSPS) is 30.2. The van der Waals surface area contributed by atoms with Crippen LogP contribution in [0, 0.1) is 0 Å². The van der Waals surface area contributed by atoms with E-state index in [4.69, 9.17) is 28.1 Å². The molecule has 3 fully saturated rings. The molecule has 3 aromatic rings. The second-order valence-corrected chi connectivity index (χ2v) is 10.1. The van der Waals surface area contributed by atoms with Crippen LogP contribution in [-0.4, -0.2) is 42.8 Å². The Morgan fingerprint density at radius 1 is 0.886 bits per heavy atom. The van der Waals surface area contributed by atoms with E-state index in [2.05, 4.69) is 0 Å². The van der Waals surface area contributed by atoms with Gasteiger partial charge in [0.15, 0.2) is 23.3 Å². The Labute approximate surface area is 203 Å². The summed E-state index contributed by atoms with van der Waals surface area (Å²) in [7, 11) is 0. The number of ether oxygens (including phenoxy) is 5. The van der Waals surface area contributed by atoms with E-state index < -0.39 is 17.9 Å². The molecule has 6 rings (SSSR count). The molecule has 1 aromatic heterocycles. The molecule has 0 bridgehead atoms. The fourth-order valence-corrected chi connectivity index (χ4v) is 4.97. The van der Waals surface area contributed by atoms with Crippen LogP contribution in [0.15, 0.2) is 69.4 Å². The van der Waals surface area contributed by atoms with Crippen molar-refractivity contribution >= 4 is 17.0 Å². The van der Waals surface area contributed by atoms with Crippen molar-refractivity contribution < 1.29 is 28.1 Å². The van der Waals surface area contributed by atoms with Crippen LogP contribution in [0.25, 0.3) is 28.4 Å². The lowest BCUT2D eigenvalue weighted by Crippen LogP contribution is -2.34. The third-order valence-corrected chi connectivity index (χ3v) is 6.51. The molecule has 4 heterocycles. The van der Waals surface area contributed by atoms with E-state index in [-0.39, 0.29) is 23.7 Å². The molecule has 0 saturated carbocycles. The lowest BCUT2D eigenvalue weighted by molar-refractivity contribution is -0.214. The molecule has 0 spiro atoms. The topological polar surface area (TPSA) is 76.4 Å². The van der Waals surface area contributed by atoms with Crippen LogP contribution >= 0.6 is 0 Å². The fourth-order valence-electron chi connectivity index (χ4n) is 4.97. The van der Waals surface area contributed by atoms with Crippen molar-refractivity contribution in [3.8, 4) is 11.3 Å². The Kier molecular flexibility index (Phi) is 5.25. The molecule has 3 aliphatic heterocycles. The van der Waals surface area contributed by atoms with Gasteiger partial charge in [0.05, 0.1) is 12.0 Å². The first-order chi connectivity index (χ1) is 16.7. The number of rotatable bonds is 3. The number of hydrogen-bond acceptors (Lipinski definition) is 7. The minimum absolute atomic E-state index is 0.0838. The van der Waals surface area contributed by atoms with Crippen LogP contribution in [-0.2, 0) is 23.7 Å².